The zero-order valence-corrected chi connectivity index (χ0v) is 10.3. The van der Waals surface area contributed by atoms with Crippen LogP contribution in [0.2, 0.25) is 0 Å². The summed E-state index contributed by atoms with van der Waals surface area (Å²) in [5.74, 6) is -1.31. The number of carboxylic acid groups (broad SMARTS) is 2. The van der Waals surface area contributed by atoms with E-state index in [0.29, 0.717) is 5.56 Å². The lowest BCUT2D eigenvalue weighted by Crippen LogP contribution is -1.99. The highest BCUT2D eigenvalue weighted by Gasteiger charge is 1.99. The van der Waals surface area contributed by atoms with Crippen LogP contribution in [0.25, 0.3) is 0 Å². The Morgan fingerprint density at radius 1 is 1.12 bits per heavy atom. The molecule has 1 rings (SSSR count). The van der Waals surface area contributed by atoms with E-state index >= 15 is 0 Å². The largest absolute Gasteiger partial charge is 0.481 e. The molecule has 0 radical (unpaired) electrons. The number of carbonyl (C=O) groups is 2. The van der Waals surface area contributed by atoms with Gasteiger partial charge in [0.2, 0.25) is 0 Å². The molecule has 0 aromatic heterocycles. The number of benzene rings is 1. The Morgan fingerprint density at radius 3 is 1.82 bits per heavy atom. The van der Waals surface area contributed by atoms with Gasteiger partial charge in [-0.3, -0.25) is 4.79 Å². The van der Waals surface area contributed by atoms with Crippen molar-refractivity contribution in [1.29, 1.82) is 0 Å². The first-order chi connectivity index (χ1) is 7.82. The van der Waals surface area contributed by atoms with Crippen molar-refractivity contribution in [2.45, 2.75) is 27.2 Å². The molecule has 0 aliphatic heterocycles. The van der Waals surface area contributed by atoms with Crippen LogP contribution >= 0.6 is 0 Å². The molecule has 0 aliphatic rings. The fourth-order valence-electron chi connectivity index (χ4n) is 1.05. The van der Waals surface area contributed by atoms with Gasteiger partial charge in [0, 0.05) is 6.42 Å². The lowest BCUT2D eigenvalue weighted by atomic mass is 10.1. The Balaban J connectivity index is 0.000000325. The van der Waals surface area contributed by atoms with Gasteiger partial charge in [-0.15, -0.1) is 0 Å². The van der Waals surface area contributed by atoms with E-state index in [1.807, 2.05) is 20.8 Å². The molecule has 4 nitrogen and oxygen atoms in total. The summed E-state index contributed by atoms with van der Waals surface area (Å²) < 4.78 is 0. The van der Waals surface area contributed by atoms with Crippen molar-refractivity contribution >= 4 is 11.9 Å². The zero-order valence-electron chi connectivity index (χ0n) is 10.3. The normalized spacial score (nSPS) is 9.41. The maximum atomic E-state index is 10.3. The number of carboxylic acids is 2. The fourth-order valence-corrected chi connectivity index (χ4v) is 1.05. The molecule has 0 aliphatic carbocycles. The number of hydrogen-bond donors (Lipinski definition) is 2. The Bertz CT molecular complexity index is 366. The van der Waals surface area contributed by atoms with Gasteiger partial charge >= 0.3 is 11.9 Å². The van der Waals surface area contributed by atoms with Gasteiger partial charge in [0.15, 0.2) is 0 Å². The standard InChI is InChI=1S/C8H8O2.C5H10O2/c1-6-2-4-7(5-3-6)8(9)10;1-4(2)3-5(6)7/h2-5H,1H3,(H,9,10);4H,3H2,1-2H3,(H,6,7). The summed E-state index contributed by atoms with van der Waals surface area (Å²) in [7, 11) is 0. The van der Waals surface area contributed by atoms with E-state index in [4.69, 9.17) is 10.2 Å². The van der Waals surface area contributed by atoms with Gasteiger partial charge in [0.25, 0.3) is 0 Å². The first kappa shape index (κ1) is 15.2. The van der Waals surface area contributed by atoms with E-state index < -0.39 is 11.9 Å². The van der Waals surface area contributed by atoms with Crippen LogP contribution in [0.4, 0.5) is 0 Å². The molecule has 0 saturated heterocycles. The number of hydrogen-bond acceptors (Lipinski definition) is 2. The van der Waals surface area contributed by atoms with Gasteiger partial charge in [-0.05, 0) is 25.0 Å². The number of aromatic carboxylic acids is 1. The van der Waals surface area contributed by atoms with Gasteiger partial charge in [0.05, 0.1) is 5.56 Å². The van der Waals surface area contributed by atoms with Gasteiger partial charge in [-0.25, -0.2) is 4.79 Å². The number of aliphatic carboxylic acids is 1. The molecule has 0 saturated carbocycles. The van der Waals surface area contributed by atoms with Crippen LogP contribution in [0, 0.1) is 12.8 Å². The molecule has 1 aromatic rings. The highest BCUT2D eigenvalue weighted by molar-refractivity contribution is 5.87. The van der Waals surface area contributed by atoms with Crippen LogP contribution in [-0.4, -0.2) is 22.2 Å². The molecule has 4 heteroatoms. The molecule has 0 amide bonds. The summed E-state index contributed by atoms with van der Waals surface area (Å²) in [5, 5.41) is 16.6. The Hall–Kier alpha value is -1.84. The van der Waals surface area contributed by atoms with Crippen LogP contribution in [0.5, 0.6) is 0 Å². The highest BCUT2D eigenvalue weighted by Crippen LogP contribution is 2.01. The lowest BCUT2D eigenvalue weighted by molar-refractivity contribution is -0.137. The minimum atomic E-state index is -0.875. The molecule has 0 bridgehead atoms. The smallest absolute Gasteiger partial charge is 0.335 e. The minimum Gasteiger partial charge on any atom is -0.481 e. The summed E-state index contributed by atoms with van der Waals surface area (Å²) in [6.07, 6.45) is 0.278. The van der Waals surface area contributed by atoms with E-state index in [0.717, 1.165) is 5.56 Å². The zero-order chi connectivity index (χ0) is 13.4. The maximum Gasteiger partial charge on any atom is 0.335 e. The highest BCUT2D eigenvalue weighted by atomic mass is 16.4. The third kappa shape index (κ3) is 8.02. The first-order valence-corrected chi connectivity index (χ1v) is 5.34. The fraction of sp³-hybridized carbons (Fsp3) is 0.385. The SMILES string of the molecule is CC(C)CC(=O)O.Cc1ccc(C(=O)O)cc1. The molecule has 0 heterocycles. The second-order valence-electron chi connectivity index (χ2n) is 4.16. The van der Waals surface area contributed by atoms with E-state index in [2.05, 4.69) is 0 Å². The number of rotatable bonds is 3. The van der Waals surface area contributed by atoms with Crippen molar-refractivity contribution in [2.75, 3.05) is 0 Å². The molecule has 0 atom stereocenters. The van der Waals surface area contributed by atoms with Crippen molar-refractivity contribution in [2.24, 2.45) is 5.92 Å². The molecular weight excluding hydrogens is 220 g/mol. The Morgan fingerprint density at radius 2 is 1.59 bits per heavy atom. The lowest BCUT2D eigenvalue weighted by Gasteiger charge is -1.94. The maximum absolute atomic E-state index is 10.3. The molecular formula is C13H18O4. The van der Waals surface area contributed by atoms with Crippen LogP contribution in [0.1, 0.15) is 36.2 Å². The third-order valence-corrected chi connectivity index (χ3v) is 1.88. The molecule has 2 N–H and O–H groups in total. The average Bonchev–Trinajstić information content (AvgIpc) is 2.16. The van der Waals surface area contributed by atoms with E-state index in [-0.39, 0.29) is 12.3 Å². The van der Waals surface area contributed by atoms with E-state index in [1.165, 1.54) is 0 Å². The van der Waals surface area contributed by atoms with Crippen LogP contribution in [0.15, 0.2) is 24.3 Å². The van der Waals surface area contributed by atoms with Crippen LogP contribution < -0.4 is 0 Å². The van der Waals surface area contributed by atoms with E-state index in [9.17, 15) is 9.59 Å². The summed E-state index contributed by atoms with van der Waals surface area (Å²) in [6.45, 7) is 5.69. The topological polar surface area (TPSA) is 74.6 Å². The minimum absolute atomic E-state index is 0.275. The summed E-state index contributed by atoms with van der Waals surface area (Å²) >= 11 is 0. The van der Waals surface area contributed by atoms with Crippen LogP contribution in [0.3, 0.4) is 0 Å². The summed E-state index contributed by atoms with van der Waals surface area (Å²) in [5.41, 5.74) is 1.41. The van der Waals surface area contributed by atoms with Crippen LogP contribution in [-0.2, 0) is 4.79 Å². The third-order valence-electron chi connectivity index (χ3n) is 1.88. The molecule has 0 spiro atoms. The predicted octanol–water partition coefficient (Wildman–Crippen LogP) is 2.81. The summed E-state index contributed by atoms with van der Waals surface area (Å²) in [4.78, 5) is 20.1. The molecule has 0 fully saturated rings. The van der Waals surface area contributed by atoms with Crippen molar-refractivity contribution in [3.05, 3.63) is 35.4 Å². The van der Waals surface area contributed by atoms with Crippen molar-refractivity contribution in [3.8, 4) is 0 Å². The quantitative estimate of drug-likeness (QED) is 0.849. The van der Waals surface area contributed by atoms with Gasteiger partial charge in [-0.1, -0.05) is 31.5 Å². The first-order valence-electron chi connectivity index (χ1n) is 5.34. The van der Waals surface area contributed by atoms with Gasteiger partial charge in [0.1, 0.15) is 0 Å². The van der Waals surface area contributed by atoms with Gasteiger partial charge < -0.3 is 10.2 Å². The van der Waals surface area contributed by atoms with E-state index in [1.54, 1.807) is 24.3 Å². The number of aryl methyl sites for hydroxylation is 1. The second kappa shape index (κ2) is 7.44. The van der Waals surface area contributed by atoms with Gasteiger partial charge in [-0.2, -0.15) is 0 Å². The van der Waals surface area contributed by atoms with Crippen molar-refractivity contribution in [1.82, 2.24) is 0 Å². The molecule has 94 valence electrons. The Kier molecular flexibility index (Phi) is 6.63. The monoisotopic (exact) mass is 238 g/mol. The summed E-state index contributed by atoms with van der Waals surface area (Å²) in [6, 6.07) is 6.75. The van der Waals surface area contributed by atoms with Crippen molar-refractivity contribution in [3.63, 3.8) is 0 Å². The average molecular weight is 238 g/mol. The van der Waals surface area contributed by atoms with Crippen molar-refractivity contribution < 1.29 is 19.8 Å². The molecule has 0 unspecified atom stereocenters. The molecule has 17 heavy (non-hydrogen) atoms. The molecule has 1 aromatic carbocycles. The second-order valence-corrected chi connectivity index (χ2v) is 4.16. The predicted molar refractivity (Wildman–Crippen MR) is 65.2 cm³/mol. The Labute approximate surface area is 101 Å².